The summed E-state index contributed by atoms with van der Waals surface area (Å²) < 4.78 is 20.3. The van der Waals surface area contributed by atoms with Crippen molar-refractivity contribution in [2.75, 3.05) is 26.8 Å². The fourth-order valence-electron chi connectivity index (χ4n) is 4.04. The summed E-state index contributed by atoms with van der Waals surface area (Å²) in [4.78, 5) is 28.7. The molecule has 0 spiro atoms. The van der Waals surface area contributed by atoms with E-state index in [0.717, 1.165) is 11.1 Å². The maximum absolute atomic E-state index is 13.8. The maximum Gasteiger partial charge on any atom is 0.247 e. The number of aromatic nitrogens is 3. The van der Waals surface area contributed by atoms with Crippen molar-refractivity contribution in [2.24, 2.45) is 0 Å². The van der Waals surface area contributed by atoms with E-state index >= 15 is 0 Å². The lowest BCUT2D eigenvalue weighted by molar-refractivity contribution is -0.141. The van der Waals surface area contributed by atoms with Crippen LogP contribution >= 0.6 is 0 Å². The first kappa shape index (κ1) is 25.0. The van der Waals surface area contributed by atoms with Crippen LogP contribution in [0, 0.1) is 5.82 Å². The van der Waals surface area contributed by atoms with E-state index in [1.165, 1.54) is 33.8 Å². The molecule has 3 aromatic carbocycles. The monoisotopic (exact) mass is 489 g/mol. The van der Waals surface area contributed by atoms with E-state index in [4.69, 9.17) is 4.74 Å². The molecule has 36 heavy (non-hydrogen) atoms. The predicted molar refractivity (Wildman–Crippen MR) is 133 cm³/mol. The molecule has 4 rings (SSSR count). The number of carbonyl (C=O) groups excluding carboxylic acids is 2. The van der Waals surface area contributed by atoms with E-state index in [-0.39, 0.29) is 31.4 Å². The fourth-order valence-corrected chi connectivity index (χ4v) is 4.04. The zero-order valence-corrected chi connectivity index (χ0v) is 20.0. The van der Waals surface area contributed by atoms with Gasteiger partial charge in [0.25, 0.3) is 0 Å². The van der Waals surface area contributed by atoms with Crippen molar-refractivity contribution in [3.63, 3.8) is 0 Å². The highest BCUT2D eigenvalue weighted by atomic mass is 19.1. The first-order valence-electron chi connectivity index (χ1n) is 11.7. The van der Waals surface area contributed by atoms with Crippen LogP contribution in [0.15, 0.2) is 78.9 Å². The molecule has 1 N–H and O–H groups in total. The largest absolute Gasteiger partial charge is 0.383 e. The Labute approximate surface area is 208 Å². The number of nitrogens with zero attached hydrogens (tertiary/aromatic N) is 4. The molecule has 0 unspecified atom stereocenters. The van der Waals surface area contributed by atoms with Gasteiger partial charge in [-0.2, -0.15) is 0 Å². The summed E-state index contributed by atoms with van der Waals surface area (Å²) in [6.45, 7) is 0.778. The van der Waals surface area contributed by atoms with Crippen LogP contribution in [0.1, 0.15) is 17.2 Å². The van der Waals surface area contributed by atoms with E-state index in [1.807, 2.05) is 54.6 Å². The molecule has 9 heteroatoms. The molecule has 0 saturated carbocycles. The molecule has 0 radical (unpaired) electrons. The number of amides is 2. The van der Waals surface area contributed by atoms with Crippen LogP contribution in [0.4, 0.5) is 4.39 Å². The van der Waals surface area contributed by atoms with E-state index < -0.39 is 11.9 Å². The molecular formula is C27H28FN5O3. The van der Waals surface area contributed by atoms with Gasteiger partial charge in [-0.3, -0.25) is 9.59 Å². The molecule has 1 atom stereocenters. The van der Waals surface area contributed by atoms with Gasteiger partial charge in [0.2, 0.25) is 11.8 Å². The summed E-state index contributed by atoms with van der Waals surface area (Å²) in [5.41, 5.74) is 2.93. The molecule has 0 fully saturated rings. The lowest BCUT2D eigenvalue weighted by Gasteiger charge is -2.31. The van der Waals surface area contributed by atoms with E-state index in [0.29, 0.717) is 24.1 Å². The number of fused-ring (bicyclic) bond motifs is 1. The lowest BCUT2D eigenvalue weighted by Crippen LogP contribution is -2.46. The summed E-state index contributed by atoms with van der Waals surface area (Å²) in [6.07, 6.45) is 0.535. The number of carbonyl (C=O) groups is 2. The van der Waals surface area contributed by atoms with Crippen molar-refractivity contribution in [1.29, 1.82) is 0 Å². The van der Waals surface area contributed by atoms with E-state index in [9.17, 15) is 14.0 Å². The van der Waals surface area contributed by atoms with Crippen molar-refractivity contribution < 1.29 is 18.7 Å². The van der Waals surface area contributed by atoms with Gasteiger partial charge < -0.3 is 15.0 Å². The van der Waals surface area contributed by atoms with Gasteiger partial charge in [0.15, 0.2) is 0 Å². The van der Waals surface area contributed by atoms with Crippen LogP contribution in [0.5, 0.6) is 0 Å². The highest BCUT2D eigenvalue weighted by molar-refractivity contribution is 5.89. The predicted octanol–water partition coefficient (Wildman–Crippen LogP) is 3.15. The lowest BCUT2D eigenvalue weighted by atomic mass is 10.0. The van der Waals surface area contributed by atoms with Crippen molar-refractivity contribution in [3.8, 4) is 0 Å². The SMILES string of the molecule is COCCNC(=O)[C@@H](c1ccc(F)cc1)N(CCc1ccccc1)C(=O)Cn1nnc2ccccc21. The van der Waals surface area contributed by atoms with Crippen molar-refractivity contribution in [2.45, 2.75) is 19.0 Å². The Morgan fingerprint density at radius 2 is 1.75 bits per heavy atom. The highest BCUT2D eigenvalue weighted by Gasteiger charge is 2.31. The number of hydrogen-bond donors (Lipinski definition) is 1. The van der Waals surface area contributed by atoms with Crippen LogP contribution in [-0.2, 0) is 27.3 Å². The van der Waals surface area contributed by atoms with Gasteiger partial charge in [0, 0.05) is 20.2 Å². The van der Waals surface area contributed by atoms with Gasteiger partial charge >= 0.3 is 0 Å². The maximum atomic E-state index is 13.8. The van der Waals surface area contributed by atoms with Crippen LogP contribution in [0.25, 0.3) is 11.0 Å². The third-order valence-corrected chi connectivity index (χ3v) is 5.86. The number of methoxy groups -OCH3 is 1. The molecule has 186 valence electrons. The Morgan fingerprint density at radius 3 is 2.50 bits per heavy atom. The summed E-state index contributed by atoms with van der Waals surface area (Å²) >= 11 is 0. The number of hydrogen-bond acceptors (Lipinski definition) is 5. The average molecular weight is 490 g/mol. The number of nitrogens with one attached hydrogen (secondary N) is 1. The second kappa shape index (κ2) is 12.0. The quantitative estimate of drug-likeness (QED) is 0.327. The standard InChI is InChI=1S/C27H28FN5O3/c1-36-18-16-29-27(35)26(21-11-13-22(28)14-12-21)32(17-15-20-7-3-2-4-8-20)25(34)19-33-24-10-6-5-9-23(24)30-31-33/h2-14,26H,15-19H2,1H3,(H,29,35)/t26-/m1/s1. The minimum absolute atomic E-state index is 0.0989. The number of ether oxygens (including phenoxy) is 1. The molecular weight excluding hydrogens is 461 g/mol. The Balaban J connectivity index is 1.67. The summed E-state index contributed by atoms with van der Waals surface area (Å²) in [5.74, 6) is -1.10. The zero-order valence-electron chi connectivity index (χ0n) is 20.0. The molecule has 0 aliphatic heterocycles. The van der Waals surface area contributed by atoms with E-state index in [2.05, 4.69) is 15.6 Å². The molecule has 1 aromatic heterocycles. The third kappa shape index (κ3) is 6.11. The summed E-state index contributed by atoms with van der Waals surface area (Å²) in [7, 11) is 1.54. The van der Waals surface area contributed by atoms with Gasteiger partial charge in [-0.05, 0) is 41.8 Å². The minimum atomic E-state index is -0.964. The molecule has 0 bridgehead atoms. The molecule has 1 heterocycles. The third-order valence-electron chi connectivity index (χ3n) is 5.86. The van der Waals surface area contributed by atoms with Crippen molar-refractivity contribution in [3.05, 3.63) is 95.8 Å². The average Bonchev–Trinajstić information content (AvgIpc) is 3.30. The highest BCUT2D eigenvalue weighted by Crippen LogP contribution is 2.24. The summed E-state index contributed by atoms with van der Waals surface area (Å²) in [6, 6.07) is 21.8. The first-order valence-corrected chi connectivity index (χ1v) is 11.7. The van der Waals surface area contributed by atoms with E-state index in [1.54, 1.807) is 7.11 Å². The molecule has 8 nitrogen and oxygen atoms in total. The number of para-hydroxylation sites is 1. The van der Waals surface area contributed by atoms with Crippen LogP contribution in [0.3, 0.4) is 0 Å². The van der Waals surface area contributed by atoms with Crippen molar-refractivity contribution in [1.82, 2.24) is 25.2 Å². The van der Waals surface area contributed by atoms with Gasteiger partial charge in [0.1, 0.15) is 23.9 Å². The second-order valence-corrected chi connectivity index (χ2v) is 8.30. The first-order chi connectivity index (χ1) is 17.6. The fraction of sp³-hybridized carbons (Fsp3) is 0.259. The molecule has 0 aliphatic carbocycles. The Hall–Kier alpha value is -4.11. The van der Waals surface area contributed by atoms with Gasteiger partial charge in [0.05, 0.1) is 12.1 Å². The summed E-state index contributed by atoms with van der Waals surface area (Å²) in [5, 5.41) is 11.1. The Kier molecular flexibility index (Phi) is 8.36. The normalized spacial score (nSPS) is 11.8. The second-order valence-electron chi connectivity index (χ2n) is 8.30. The van der Waals surface area contributed by atoms with Crippen molar-refractivity contribution >= 4 is 22.8 Å². The smallest absolute Gasteiger partial charge is 0.247 e. The molecule has 0 aliphatic rings. The number of halogens is 1. The zero-order chi connectivity index (χ0) is 25.3. The van der Waals surface area contributed by atoms with Gasteiger partial charge in [-0.15, -0.1) is 5.10 Å². The van der Waals surface area contributed by atoms with Crippen LogP contribution in [0.2, 0.25) is 0 Å². The minimum Gasteiger partial charge on any atom is -0.383 e. The Morgan fingerprint density at radius 1 is 1.03 bits per heavy atom. The van der Waals surface area contributed by atoms with Gasteiger partial charge in [-0.1, -0.05) is 59.8 Å². The van der Waals surface area contributed by atoms with Crippen LogP contribution < -0.4 is 5.32 Å². The molecule has 2 amide bonds. The molecule has 0 saturated heterocycles. The van der Waals surface area contributed by atoms with Gasteiger partial charge in [-0.25, -0.2) is 9.07 Å². The Bertz CT molecular complexity index is 1290. The van der Waals surface area contributed by atoms with Crippen LogP contribution in [-0.4, -0.2) is 58.5 Å². The molecule has 4 aromatic rings. The number of rotatable bonds is 11. The number of benzene rings is 3. The topological polar surface area (TPSA) is 89.4 Å².